The van der Waals surface area contributed by atoms with E-state index in [0.29, 0.717) is 5.92 Å². The highest BCUT2D eigenvalue weighted by atomic mass is 79.9. The molecule has 0 bridgehead atoms. The molecular weight excluding hydrogens is 400 g/mol. The maximum atomic E-state index is 5.40. The van der Waals surface area contributed by atoms with Gasteiger partial charge in [-0.3, -0.25) is 0 Å². The number of fused-ring (bicyclic) bond motifs is 1. The third kappa shape index (κ3) is 4.49. The molecule has 2 heterocycles. The number of hydrogen-bond acceptors (Lipinski definition) is 3. The predicted octanol–water partition coefficient (Wildman–Crippen LogP) is 5.31. The monoisotopic (exact) mass is 428 g/mol. The molecule has 0 aromatic heterocycles. The normalized spacial score (nSPS) is 20.7. The Morgan fingerprint density at radius 3 is 2.74 bits per heavy atom. The largest absolute Gasteiger partial charge is 0.497 e. The molecule has 2 aromatic carbocycles. The number of rotatable bonds is 5. The summed E-state index contributed by atoms with van der Waals surface area (Å²) in [6, 6.07) is 15.2. The summed E-state index contributed by atoms with van der Waals surface area (Å²) >= 11 is 3.71. The van der Waals surface area contributed by atoms with E-state index in [0.717, 1.165) is 24.6 Å². The Morgan fingerprint density at radius 1 is 1.11 bits per heavy atom. The third-order valence-corrected chi connectivity index (χ3v) is 6.93. The van der Waals surface area contributed by atoms with Gasteiger partial charge >= 0.3 is 0 Å². The molecule has 144 valence electrons. The Hall–Kier alpha value is -1.52. The van der Waals surface area contributed by atoms with Crippen molar-refractivity contribution < 1.29 is 4.74 Å². The second-order valence-electron chi connectivity index (χ2n) is 7.91. The van der Waals surface area contributed by atoms with Crippen molar-refractivity contribution in [3.05, 3.63) is 58.1 Å². The molecule has 4 heteroatoms. The van der Waals surface area contributed by atoms with Gasteiger partial charge in [0.05, 0.1) is 7.11 Å². The lowest BCUT2D eigenvalue weighted by atomic mass is 9.87. The summed E-state index contributed by atoms with van der Waals surface area (Å²) in [4.78, 5) is 2.68. The standard InChI is InChI=1S/C23H29BrN2O/c1-27-20-6-7-22(24)19(15-20)14-17-9-12-26(13-10-17)16-18-8-11-25-23-5-3-2-4-21(18)23/h2-7,15,17-18,25H,8-14,16H2,1H3. The van der Waals surface area contributed by atoms with Crippen LogP contribution < -0.4 is 10.1 Å². The number of para-hydroxylation sites is 1. The quantitative estimate of drug-likeness (QED) is 0.697. The fourth-order valence-corrected chi connectivity index (χ4v) is 4.98. The Morgan fingerprint density at radius 2 is 1.93 bits per heavy atom. The van der Waals surface area contributed by atoms with Crippen molar-refractivity contribution >= 4 is 21.6 Å². The van der Waals surface area contributed by atoms with E-state index in [4.69, 9.17) is 4.74 Å². The molecular formula is C23H29BrN2O. The average molecular weight is 429 g/mol. The van der Waals surface area contributed by atoms with Gasteiger partial charge in [-0.15, -0.1) is 0 Å². The maximum absolute atomic E-state index is 5.40. The van der Waals surface area contributed by atoms with E-state index >= 15 is 0 Å². The number of piperidine rings is 1. The summed E-state index contributed by atoms with van der Waals surface area (Å²) < 4.78 is 6.60. The molecule has 1 N–H and O–H groups in total. The SMILES string of the molecule is COc1ccc(Br)c(CC2CCN(CC3CCNc4ccccc43)CC2)c1. The van der Waals surface area contributed by atoms with E-state index < -0.39 is 0 Å². The fraction of sp³-hybridized carbons (Fsp3) is 0.478. The first kappa shape index (κ1) is 18.8. The molecule has 0 spiro atoms. The molecule has 0 saturated carbocycles. The Balaban J connectivity index is 1.32. The maximum Gasteiger partial charge on any atom is 0.119 e. The topological polar surface area (TPSA) is 24.5 Å². The highest BCUT2D eigenvalue weighted by Crippen LogP contribution is 2.33. The Bertz CT molecular complexity index is 771. The van der Waals surface area contributed by atoms with E-state index in [1.54, 1.807) is 7.11 Å². The molecule has 1 unspecified atom stereocenters. The number of methoxy groups -OCH3 is 1. The summed E-state index contributed by atoms with van der Waals surface area (Å²) in [6.45, 7) is 4.74. The van der Waals surface area contributed by atoms with Crippen LogP contribution in [0.25, 0.3) is 0 Å². The van der Waals surface area contributed by atoms with Crippen LogP contribution in [0.2, 0.25) is 0 Å². The molecule has 1 atom stereocenters. The number of halogens is 1. The molecule has 0 amide bonds. The summed E-state index contributed by atoms with van der Waals surface area (Å²) in [7, 11) is 1.74. The van der Waals surface area contributed by atoms with Crippen LogP contribution in [0, 0.1) is 5.92 Å². The summed E-state index contributed by atoms with van der Waals surface area (Å²) in [6.07, 6.45) is 4.96. The molecule has 0 aliphatic carbocycles. The zero-order valence-corrected chi connectivity index (χ0v) is 17.7. The minimum absolute atomic E-state index is 0.673. The van der Waals surface area contributed by atoms with Crippen molar-refractivity contribution in [3.8, 4) is 5.75 Å². The number of likely N-dealkylation sites (tertiary alicyclic amines) is 1. The van der Waals surface area contributed by atoms with Crippen molar-refractivity contribution in [1.82, 2.24) is 4.90 Å². The van der Waals surface area contributed by atoms with Gasteiger partial charge in [-0.2, -0.15) is 0 Å². The van der Waals surface area contributed by atoms with Gasteiger partial charge in [-0.1, -0.05) is 34.1 Å². The van der Waals surface area contributed by atoms with Gasteiger partial charge < -0.3 is 15.0 Å². The number of nitrogens with zero attached hydrogens (tertiary/aromatic N) is 1. The molecule has 2 aromatic rings. The van der Waals surface area contributed by atoms with Crippen LogP contribution >= 0.6 is 15.9 Å². The highest BCUT2D eigenvalue weighted by molar-refractivity contribution is 9.10. The van der Waals surface area contributed by atoms with Crippen molar-refractivity contribution in [2.75, 3.05) is 38.6 Å². The van der Waals surface area contributed by atoms with Gasteiger partial charge in [-0.05, 0) is 80.1 Å². The first-order chi connectivity index (χ1) is 13.2. The first-order valence-corrected chi connectivity index (χ1v) is 10.9. The van der Waals surface area contributed by atoms with Crippen LogP contribution in [0.15, 0.2) is 46.9 Å². The Labute approximate surface area is 171 Å². The first-order valence-electron chi connectivity index (χ1n) is 10.1. The van der Waals surface area contributed by atoms with Crippen LogP contribution in [0.4, 0.5) is 5.69 Å². The zero-order valence-electron chi connectivity index (χ0n) is 16.1. The van der Waals surface area contributed by atoms with Gasteiger partial charge in [0, 0.05) is 29.2 Å². The number of hydrogen-bond donors (Lipinski definition) is 1. The van der Waals surface area contributed by atoms with E-state index in [9.17, 15) is 0 Å². The number of benzene rings is 2. The summed E-state index contributed by atoms with van der Waals surface area (Å²) in [5.74, 6) is 2.40. The molecule has 0 radical (unpaired) electrons. The molecule has 2 aliphatic rings. The number of nitrogens with one attached hydrogen (secondary N) is 1. The van der Waals surface area contributed by atoms with Gasteiger partial charge in [-0.25, -0.2) is 0 Å². The molecule has 3 nitrogen and oxygen atoms in total. The van der Waals surface area contributed by atoms with Crippen molar-refractivity contribution in [2.24, 2.45) is 5.92 Å². The van der Waals surface area contributed by atoms with E-state index in [2.05, 4.69) is 62.5 Å². The summed E-state index contributed by atoms with van der Waals surface area (Å²) in [5, 5.41) is 3.55. The van der Waals surface area contributed by atoms with Crippen molar-refractivity contribution in [1.29, 1.82) is 0 Å². The molecule has 27 heavy (non-hydrogen) atoms. The summed E-state index contributed by atoms with van der Waals surface area (Å²) in [5.41, 5.74) is 4.22. The van der Waals surface area contributed by atoms with Crippen LogP contribution in [-0.4, -0.2) is 38.2 Å². The van der Waals surface area contributed by atoms with Crippen LogP contribution in [0.1, 0.15) is 36.3 Å². The Kier molecular flexibility index (Phi) is 6.04. The molecule has 2 aliphatic heterocycles. The van der Waals surface area contributed by atoms with Crippen molar-refractivity contribution in [3.63, 3.8) is 0 Å². The van der Waals surface area contributed by atoms with Gasteiger partial charge in [0.15, 0.2) is 0 Å². The zero-order chi connectivity index (χ0) is 18.6. The van der Waals surface area contributed by atoms with E-state index in [-0.39, 0.29) is 0 Å². The van der Waals surface area contributed by atoms with E-state index in [1.165, 1.54) is 60.2 Å². The number of anilines is 1. The van der Waals surface area contributed by atoms with Crippen molar-refractivity contribution in [2.45, 2.75) is 31.6 Å². The average Bonchev–Trinajstić information content (AvgIpc) is 2.71. The van der Waals surface area contributed by atoms with Crippen LogP contribution in [-0.2, 0) is 6.42 Å². The second kappa shape index (κ2) is 8.66. The third-order valence-electron chi connectivity index (χ3n) is 6.16. The second-order valence-corrected chi connectivity index (χ2v) is 8.76. The van der Waals surface area contributed by atoms with Crippen LogP contribution in [0.5, 0.6) is 5.75 Å². The smallest absolute Gasteiger partial charge is 0.119 e. The highest BCUT2D eigenvalue weighted by Gasteiger charge is 2.25. The minimum Gasteiger partial charge on any atom is -0.497 e. The lowest BCUT2D eigenvalue weighted by Crippen LogP contribution is -2.38. The molecule has 1 saturated heterocycles. The lowest BCUT2D eigenvalue weighted by Gasteiger charge is -2.36. The van der Waals surface area contributed by atoms with Gasteiger partial charge in [0.2, 0.25) is 0 Å². The number of ether oxygens (including phenoxy) is 1. The van der Waals surface area contributed by atoms with E-state index in [1.807, 2.05) is 6.07 Å². The fourth-order valence-electron chi connectivity index (χ4n) is 4.57. The molecule has 1 fully saturated rings. The van der Waals surface area contributed by atoms with Gasteiger partial charge in [0.25, 0.3) is 0 Å². The lowest BCUT2D eigenvalue weighted by molar-refractivity contribution is 0.172. The van der Waals surface area contributed by atoms with Crippen LogP contribution in [0.3, 0.4) is 0 Å². The molecule has 4 rings (SSSR count). The predicted molar refractivity (Wildman–Crippen MR) is 116 cm³/mol. The minimum atomic E-state index is 0.673. The van der Waals surface area contributed by atoms with Gasteiger partial charge in [0.1, 0.15) is 5.75 Å².